The maximum Gasteiger partial charge on any atom is 0.123 e. The van der Waals surface area contributed by atoms with E-state index in [-0.39, 0.29) is 24.8 Å². The van der Waals surface area contributed by atoms with Crippen LogP contribution in [0, 0.1) is 6.92 Å². The summed E-state index contributed by atoms with van der Waals surface area (Å²) in [4.78, 5) is 7.03. The number of benzene rings is 1. The largest absolute Gasteiger partial charge is 0.314 e. The highest BCUT2D eigenvalue weighted by Gasteiger charge is 2.10. The van der Waals surface area contributed by atoms with Crippen LogP contribution in [0.25, 0.3) is 10.6 Å². The summed E-state index contributed by atoms with van der Waals surface area (Å²) < 4.78 is 0. The molecule has 3 nitrogen and oxygen atoms in total. The first kappa shape index (κ1) is 18.4. The number of nitrogens with zero attached hydrogens (tertiary/aromatic N) is 2. The number of aromatic nitrogens is 1. The molecule has 1 N–H and O–H groups in total. The second kappa shape index (κ2) is 8.71. The van der Waals surface area contributed by atoms with E-state index in [4.69, 9.17) is 0 Å². The fourth-order valence-corrected chi connectivity index (χ4v) is 3.17. The van der Waals surface area contributed by atoms with E-state index in [1.165, 1.54) is 11.1 Å². The molecule has 1 aromatic heterocycles. The van der Waals surface area contributed by atoms with Crippen molar-refractivity contribution >= 4 is 36.2 Å². The Balaban J connectivity index is 0.00000110. The van der Waals surface area contributed by atoms with Crippen LogP contribution in [0.4, 0.5) is 0 Å². The van der Waals surface area contributed by atoms with E-state index in [9.17, 15) is 0 Å². The number of piperazine rings is 1. The highest BCUT2D eigenvalue weighted by atomic mass is 35.5. The zero-order chi connectivity index (χ0) is 13.1. The summed E-state index contributed by atoms with van der Waals surface area (Å²) in [7, 11) is 0. The average molecular weight is 346 g/mol. The van der Waals surface area contributed by atoms with Crippen molar-refractivity contribution in [2.75, 3.05) is 26.2 Å². The Morgan fingerprint density at radius 2 is 1.81 bits per heavy atom. The molecule has 0 spiro atoms. The predicted molar refractivity (Wildman–Crippen MR) is 94.9 cm³/mol. The molecule has 0 aliphatic carbocycles. The molecular formula is C15H21Cl2N3S. The van der Waals surface area contributed by atoms with Gasteiger partial charge in [0.25, 0.3) is 0 Å². The molecular weight excluding hydrogens is 325 g/mol. The number of thiazole rings is 1. The molecule has 2 heterocycles. The van der Waals surface area contributed by atoms with Gasteiger partial charge in [0.05, 0.1) is 0 Å². The van der Waals surface area contributed by atoms with Crippen molar-refractivity contribution in [3.05, 3.63) is 40.9 Å². The van der Waals surface area contributed by atoms with Crippen molar-refractivity contribution in [3.8, 4) is 10.6 Å². The van der Waals surface area contributed by atoms with Gasteiger partial charge in [0.1, 0.15) is 5.01 Å². The topological polar surface area (TPSA) is 28.2 Å². The van der Waals surface area contributed by atoms with Crippen LogP contribution >= 0.6 is 36.2 Å². The van der Waals surface area contributed by atoms with Crippen LogP contribution in [0.15, 0.2) is 29.6 Å². The van der Waals surface area contributed by atoms with Gasteiger partial charge in [-0.1, -0.05) is 24.3 Å². The molecule has 21 heavy (non-hydrogen) atoms. The fraction of sp³-hybridized carbons (Fsp3) is 0.400. The van der Waals surface area contributed by atoms with Gasteiger partial charge in [0, 0.05) is 49.4 Å². The molecule has 2 aromatic rings. The van der Waals surface area contributed by atoms with Crippen LogP contribution in [-0.4, -0.2) is 36.1 Å². The first-order chi connectivity index (χ1) is 9.31. The molecule has 3 rings (SSSR count). The monoisotopic (exact) mass is 345 g/mol. The molecule has 0 unspecified atom stereocenters. The van der Waals surface area contributed by atoms with Crippen molar-refractivity contribution in [2.24, 2.45) is 0 Å². The van der Waals surface area contributed by atoms with Gasteiger partial charge in [0.2, 0.25) is 0 Å². The maximum absolute atomic E-state index is 4.53. The van der Waals surface area contributed by atoms with Crippen molar-refractivity contribution in [1.82, 2.24) is 15.2 Å². The fourth-order valence-electron chi connectivity index (χ4n) is 2.37. The lowest BCUT2D eigenvalue weighted by Crippen LogP contribution is -2.42. The third-order valence-electron chi connectivity index (χ3n) is 3.44. The van der Waals surface area contributed by atoms with Crippen LogP contribution in [0.2, 0.25) is 0 Å². The van der Waals surface area contributed by atoms with Crippen molar-refractivity contribution in [1.29, 1.82) is 0 Å². The number of hydrogen-bond donors (Lipinski definition) is 1. The Morgan fingerprint density at radius 1 is 1.14 bits per heavy atom. The molecule has 1 fully saturated rings. The standard InChI is InChI=1S/C15H19N3S.2ClH/c1-12-11-19-15(17-12)14-4-2-13(3-5-14)10-18-8-6-16-7-9-18;;/h2-5,11,16H,6-10H2,1H3;2*1H. The molecule has 6 heteroatoms. The quantitative estimate of drug-likeness (QED) is 0.924. The van der Waals surface area contributed by atoms with Gasteiger partial charge >= 0.3 is 0 Å². The van der Waals surface area contributed by atoms with E-state index in [1.54, 1.807) is 11.3 Å². The van der Waals surface area contributed by atoms with E-state index in [0.717, 1.165) is 43.4 Å². The average Bonchev–Trinajstić information content (AvgIpc) is 2.87. The summed E-state index contributed by atoms with van der Waals surface area (Å²) in [5, 5.41) is 6.60. The van der Waals surface area contributed by atoms with Crippen LogP contribution < -0.4 is 5.32 Å². The lowest BCUT2D eigenvalue weighted by molar-refractivity contribution is 0.233. The van der Waals surface area contributed by atoms with Crippen molar-refractivity contribution < 1.29 is 0 Å². The van der Waals surface area contributed by atoms with Crippen LogP contribution in [0.1, 0.15) is 11.3 Å². The SMILES string of the molecule is Cc1csc(-c2ccc(CN3CCNCC3)cc2)n1.Cl.Cl. The summed E-state index contributed by atoms with van der Waals surface area (Å²) in [6.07, 6.45) is 0. The van der Waals surface area contributed by atoms with Crippen LogP contribution in [-0.2, 0) is 6.54 Å². The van der Waals surface area contributed by atoms with Gasteiger partial charge in [0.15, 0.2) is 0 Å². The first-order valence-electron chi connectivity index (χ1n) is 6.76. The summed E-state index contributed by atoms with van der Waals surface area (Å²) in [6.45, 7) is 7.60. The van der Waals surface area contributed by atoms with Crippen molar-refractivity contribution in [2.45, 2.75) is 13.5 Å². The molecule has 0 amide bonds. The van der Waals surface area contributed by atoms with E-state index in [2.05, 4.69) is 44.8 Å². The lowest BCUT2D eigenvalue weighted by atomic mass is 10.1. The second-order valence-electron chi connectivity index (χ2n) is 5.02. The predicted octanol–water partition coefficient (Wildman–Crippen LogP) is 3.37. The maximum atomic E-state index is 4.53. The van der Waals surface area contributed by atoms with Crippen LogP contribution in [0.5, 0.6) is 0 Å². The van der Waals surface area contributed by atoms with E-state index in [1.807, 2.05) is 6.92 Å². The van der Waals surface area contributed by atoms with Crippen molar-refractivity contribution in [3.63, 3.8) is 0 Å². The Labute approximate surface area is 142 Å². The number of aryl methyl sites for hydroxylation is 1. The summed E-state index contributed by atoms with van der Waals surface area (Å²) >= 11 is 1.71. The molecule has 0 atom stereocenters. The summed E-state index contributed by atoms with van der Waals surface area (Å²) in [5.41, 5.74) is 3.71. The zero-order valence-corrected chi connectivity index (χ0v) is 14.5. The third-order valence-corrected chi connectivity index (χ3v) is 4.44. The van der Waals surface area contributed by atoms with E-state index >= 15 is 0 Å². The van der Waals surface area contributed by atoms with E-state index < -0.39 is 0 Å². The van der Waals surface area contributed by atoms with Gasteiger partial charge < -0.3 is 5.32 Å². The van der Waals surface area contributed by atoms with Gasteiger partial charge in [-0.2, -0.15) is 0 Å². The highest BCUT2D eigenvalue weighted by Crippen LogP contribution is 2.23. The Kier molecular flexibility index (Phi) is 7.63. The highest BCUT2D eigenvalue weighted by molar-refractivity contribution is 7.13. The summed E-state index contributed by atoms with van der Waals surface area (Å²) in [6, 6.07) is 8.84. The molecule has 0 saturated carbocycles. The molecule has 116 valence electrons. The molecule has 1 saturated heterocycles. The third kappa shape index (κ3) is 4.94. The zero-order valence-electron chi connectivity index (χ0n) is 12.0. The smallest absolute Gasteiger partial charge is 0.123 e. The second-order valence-corrected chi connectivity index (χ2v) is 5.88. The summed E-state index contributed by atoms with van der Waals surface area (Å²) in [5.74, 6) is 0. The molecule has 0 bridgehead atoms. The van der Waals surface area contributed by atoms with Gasteiger partial charge in [-0.3, -0.25) is 4.90 Å². The number of halogens is 2. The molecule has 0 radical (unpaired) electrons. The Morgan fingerprint density at radius 3 is 2.38 bits per heavy atom. The minimum Gasteiger partial charge on any atom is -0.314 e. The van der Waals surface area contributed by atoms with Gasteiger partial charge in [-0.25, -0.2) is 4.98 Å². The van der Waals surface area contributed by atoms with Gasteiger partial charge in [-0.05, 0) is 12.5 Å². The Bertz CT molecular complexity index is 536. The molecule has 1 aliphatic rings. The minimum atomic E-state index is 0. The van der Waals surface area contributed by atoms with E-state index in [0.29, 0.717) is 0 Å². The lowest BCUT2D eigenvalue weighted by Gasteiger charge is -2.27. The Hall–Kier alpha value is -0.650. The number of rotatable bonds is 3. The first-order valence-corrected chi connectivity index (χ1v) is 7.64. The number of hydrogen-bond acceptors (Lipinski definition) is 4. The van der Waals surface area contributed by atoms with Crippen LogP contribution in [0.3, 0.4) is 0 Å². The normalized spacial score (nSPS) is 15.1. The number of nitrogens with one attached hydrogen (secondary N) is 1. The molecule has 1 aliphatic heterocycles. The van der Waals surface area contributed by atoms with Gasteiger partial charge in [-0.15, -0.1) is 36.2 Å². The minimum absolute atomic E-state index is 0. The molecule has 1 aromatic carbocycles.